The fourth-order valence-electron chi connectivity index (χ4n) is 8.44. The molecule has 5 nitrogen and oxygen atoms in total. The fourth-order valence-corrected chi connectivity index (χ4v) is 8.44. The quantitative estimate of drug-likeness (QED) is 0.746. The predicted molar refractivity (Wildman–Crippen MR) is 114 cm³/mol. The molecule has 6 aliphatic rings. The highest BCUT2D eigenvalue weighted by molar-refractivity contribution is 5.65. The second kappa shape index (κ2) is 5.62. The summed E-state index contributed by atoms with van der Waals surface area (Å²) in [5.41, 5.74) is 0.625. The Kier molecular flexibility index (Phi) is 3.59. The number of likely N-dealkylation sites (tertiary alicyclic amines) is 1. The van der Waals surface area contributed by atoms with E-state index in [4.69, 9.17) is 9.47 Å². The van der Waals surface area contributed by atoms with Gasteiger partial charge in [0.1, 0.15) is 11.7 Å². The third kappa shape index (κ3) is 1.80. The molecule has 7 atom stereocenters. The minimum atomic E-state index is -0.850. The molecule has 162 valence electrons. The van der Waals surface area contributed by atoms with Gasteiger partial charge in [0, 0.05) is 30.0 Å². The number of likely N-dealkylation sites (N-methyl/N-ethyl adjacent to an activating group) is 1. The van der Waals surface area contributed by atoms with Gasteiger partial charge in [-0.3, -0.25) is 0 Å². The van der Waals surface area contributed by atoms with Gasteiger partial charge >= 0.3 is 0 Å². The highest BCUT2D eigenvalue weighted by atomic mass is 16.6. The van der Waals surface area contributed by atoms with Crippen LogP contribution in [0.25, 0.3) is 0 Å². The molecular weight excluding hydrogens is 378 g/mol. The minimum Gasteiger partial charge on any atom is -0.504 e. The van der Waals surface area contributed by atoms with Gasteiger partial charge in [-0.05, 0) is 57.8 Å². The largest absolute Gasteiger partial charge is 0.504 e. The van der Waals surface area contributed by atoms with E-state index in [1.165, 1.54) is 11.1 Å². The van der Waals surface area contributed by atoms with E-state index in [-0.39, 0.29) is 28.6 Å². The number of hydrogen-bond acceptors (Lipinski definition) is 5. The Balaban J connectivity index is 1.66. The van der Waals surface area contributed by atoms with Crippen molar-refractivity contribution in [3.63, 3.8) is 0 Å². The molecule has 2 aliphatic heterocycles. The highest BCUT2D eigenvalue weighted by Crippen LogP contribution is 2.75. The predicted octanol–water partition coefficient (Wildman–Crippen LogP) is 3.16. The second-order valence-corrected chi connectivity index (χ2v) is 10.7. The number of piperidine rings is 1. The molecule has 1 saturated heterocycles. The van der Waals surface area contributed by atoms with Crippen molar-refractivity contribution in [1.29, 1.82) is 0 Å². The number of aliphatic hydroxyl groups is 1. The first-order chi connectivity index (χ1) is 14.3. The zero-order valence-electron chi connectivity index (χ0n) is 18.4. The summed E-state index contributed by atoms with van der Waals surface area (Å²) >= 11 is 0. The van der Waals surface area contributed by atoms with Gasteiger partial charge in [0.05, 0.1) is 11.0 Å². The summed E-state index contributed by atoms with van der Waals surface area (Å²) in [6.07, 6.45) is 8.86. The molecule has 30 heavy (non-hydrogen) atoms. The molecule has 0 aromatic heterocycles. The van der Waals surface area contributed by atoms with E-state index in [1.807, 2.05) is 6.92 Å². The van der Waals surface area contributed by atoms with Crippen molar-refractivity contribution in [3.8, 4) is 11.5 Å². The summed E-state index contributed by atoms with van der Waals surface area (Å²) in [5, 5.41) is 22.4. The van der Waals surface area contributed by atoms with Crippen molar-refractivity contribution in [2.24, 2.45) is 11.3 Å². The first kappa shape index (κ1) is 19.1. The monoisotopic (exact) mass is 411 g/mol. The van der Waals surface area contributed by atoms with Crippen LogP contribution in [0, 0.1) is 11.3 Å². The Bertz CT molecular complexity index is 957. The van der Waals surface area contributed by atoms with Crippen molar-refractivity contribution < 1.29 is 19.7 Å². The number of rotatable bonds is 4. The lowest BCUT2D eigenvalue weighted by atomic mass is 9.36. The number of nitrogens with zero attached hydrogens (tertiary/aromatic N) is 1. The maximum Gasteiger partial charge on any atom is 0.165 e. The van der Waals surface area contributed by atoms with Gasteiger partial charge < -0.3 is 24.6 Å². The van der Waals surface area contributed by atoms with Gasteiger partial charge in [0.25, 0.3) is 0 Å². The van der Waals surface area contributed by atoms with E-state index >= 15 is 0 Å². The van der Waals surface area contributed by atoms with Gasteiger partial charge in [-0.2, -0.15) is 0 Å². The summed E-state index contributed by atoms with van der Waals surface area (Å²) in [6.45, 7) is 5.11. The van der Waals surface area contributed by atoms with E-state index in [1.54, 1.807) is 13.2 Å². The molecule has 4 bridgehead atoms. The van der Waals surface area contributed by atoms with Crippen LogP contribution in [-0.4, -0.2) is 59.2 Å². The zero-order chi connectivity index (χ0) is 21.1. The molecule has 0 amide bonds. The normalized spacial score (nSPS) is 44.5. The van der Waals surface area contributed by atoms with Crippen LogP contribution in [0.15, 0.2) is 24.3 Å². The summed E-state index contributed by atoms with van der Waals surface area (Å²) < 4.78 is 13.1. The third-order valence-electron chi connectivity index (χ3n) is 9.58. The number of hydrogen-bond donors (Lipinski definition) is 2. The van der Waals surface area contributed by atoms with E-state index in [9.17, 15) is 10.2 Å². The first-order valence-electron chi connectivity index (χ1n) is 11.5. The lowest BCUT2D eigenvalue weighted by Gasteiger charge is -2.72. The summed E-state index contributed by atoms with van der Waals surface area (Å²) in [5.74, 6) is 0.823. The molecule has 1 aromatic rings. The minimum absolute atomic E-state index is 0.0647. The van der Waals surface area contributed by atoms with Crippen LogP contribution in [0.2, 0.25) is 0 Å². The van der Waals surface area contributed by atoms with Crippen molar-refractivity contribution in [2.45, 2.75) is 74.7 Å². The molecule has 5 heteroatoms. The fraction of sp³-hybridized carbons (Fsp3) is 0.680. The Morgan fingerprint density at radius 3 is 2.87 bits per heavy atom. The van der Waals surface area contributed by atoms with Crippen molar-refractivity contribution >= 4 is 0 Å². The molecule has 2 heterocycles. The van der Waals surface area contributed by atoms with Gasteiger partial charge in [-0.15, -0.1) is 0 Å². The van der Waals surface area contributed by atoms with Crippen LogP contribution < -0.4 is 4.74 Å². The number of phenols is 1. The lowest BCUT2D eigenvalue weighted by Crippen LogP contribution is -2.80. The maximum atomic E-state index is 11.7. The molecule has 1 saturated carbocycles. The van der Waals surface area contributed by atoms with Crippen LogP contribution in [0.5, 0.6) is 11.5 Å². The van der Waals surface area contributed by atoms with Crippen molar-refractivity contribution in [1.82, 2.24) is 4.90 Å². The zero-order valence-corrected chi connectivity index (χ0v) is 18.4. The number of methoxy groups -OCH3 is 1. The molecule has 2 N–H and O–H groups in total. The highest BCUT2D eigenvalue weighted by Gasteiger charge is 2.80. The average Bonchev–Trinajstić information content (AvgIpc) is 3.09. The Hall–Kier alpha value is -1.56. The number of ether oxygens (including phenoxy) is 2. The van der Waals surface area contributed by atoms with E-state index in [2.05, 4.69) is 37.1 Å². The van der Waals surface area contributed by atoms with Gasteiger partial charge in [-0.25, -0.2) is 0 Å². The van der Waals surface area contributed by atoms with Gasteiger partial charge in [-0.1, -0.05) is 31.6 Å². The van der Waals surface area contributed by atoms with Crippen molar-refractivity contribution in [2.75, 3.05) is 20.7 Å². The molecular formula is C25H33NO4. The Morgan fingerprint density at radius 1 is 1.33 bits per heavy atom. The SMILES string of the molecule is CCCC(C)(O)[C@H]1C[C@]23C=CC1(OC)[C@@H]1Oc4c(O)ccc5c4[C@@]12CCN(C)[C@@H]3C5. The molecule has 4 aliphatic carbocycles. The topological polar surface area (TPSA) is 62.2 Å². The molecule has 0 radical (unpaired) electrons. The van der Waals surface area contributed by atoms with Gasteiger partial charge in [0.2, 0.25) is 0 Å². The third-order valence-corrected chi connectivity index (χ3v) is 9.58. The maximum absolute atomic E-state index is 11.7. The van der Waals surface area contributed by atoms with Crippen LogP contribution in [-0.2, 0) is 16.6 Å². The van der Waals surface area contributed by atoms with Gasteiger partial charge in [0.15, 0.2) is 11.5 Å². The Labute approximate surface area is 178 Å². The van der Waals surface area contributed by atoms with Crippen LogP contribution in [0.3, 0.4) is 0 Å². The number of fused-ring (bicyclic) bond motifs is 1. The Morgan fingerprint density at radius 2 is 2.13 bits per heavy atom. The molecule has 1 aromatic carbocycles. The van der Waals surface area contributed by atoms with Crippen LogP contribution in [0.1, 0.15) is 50.7 Å². The smallest absolute Gasteiger partial charge is 0.165 e. The summed E-state index contributed by atoms with van der Waals surface area (Å²) in [7, 11) is 4.00. The number of benzene rings is 1. The molecule has 2 spiro atoms. The number of phenolic OH excluding ortho intramolecular Hbond substituents is 1. The van der Waals surface area contributed by atoms with Crippen LogP contribution in [0.4, 0.5) is 0 Å². The van der Waals surface area contributed by atoms with E-state index in [0.29, 0.717) is 11.8 Å². The lowest BCUT2D eigenvalue weighted by molar-refractivity contribution is -0.247. The molecule has 2 fully saturated rings. The first-order valence-corrected chi connectivity index (χ1v) is 11.5. The van der Waals surface area contributed by atoms with Crippen LogP contribution >= 0.6 is 0 Å². The molecule has 7 rings (SSSR count). The number of aromatic hydroxyl groups is 1. The second-order valence-electron chi connectivity index (χ2n) is 10.7. The standard InChI is InChI=1S/C25H33NO4/c1-5-8-22(2,28)17-14-23-9-10-25(17,29-4)21-24(23)11-12-26(3)18(23)13-15-6-7-16(27)20(30-21)19(15)24/h6-7,9-10,17-18,21,27-28H,5,8,11-14H2,1-4H3/t17-,18-,21-,22?,23+,24+,25?/m1/s1. The summed E-state index contributed by atoms with van der Waals surface area (Å²) in [4.78, 5) is 2.51. The van der Waals surface area contributed by atoms with Crippen molar-refractivity contribution in [3.05, 3.63) is 35.4 Å². The van der Waals surface area contributed by atoms with E-state index in [0.717, 1.165) is 38.6 Å². The average molecular weight is 412 g/mol. The summed E-state index contributed by atoms with van der Waals surface area (Å²) in [6, 6.07) is 4.23. The molecule has 2 unspecified atom stereocenters. The van der Waals surface area contributed by atoms with E-state index < -0.39 is 11.2 Å².